The number of halogens is 12. The highest BCUT2D eigenvalue weighted by molar-refractivity contribution is 14.1. The molecule has 1 saturated carbocycles. The van der Waals surface area contributed by atoms with Gasteiger partial charge >= 0.3 is 29.6 Å². The van der Waals surface area contributed by atoms with Crippen LogP contribution in [0.3, 0.4) is 0 Å². The zero-order chi connectivity index (χ0) is 22.2. The highest BCUT2D eigenvalue weighted by Gasteiger charge is 3.00. The van der Waals surface area contributed by atoms with Gasteiger partial charge in [-0.25, -0.2) is 4.39 Å². The van der Waals surface area contributed by atoms with Gasteiger partial charge in [-0.1, -0.05) is 39.0 Å². The summed E-state index contributed by atoms with van der Waals surface area (Å²) in [6.45, 7) is 1.94. The number of hydrogen-bond acceptors (Lipinski definition) is 0. The van der Waals surface area contributed by atoms with Crippen LogP contribution in [0, 0.1) is 0 Å². The molecule has 0 heterocycles. The van der Waals surface area contributed by atoms with E-state index in [1.165, 1.54) is 0 Å². The van der Waals surface area contributed by atoms with Crippen LogP contribution in [0.5, 0.6) is 0 Å². The van der Waals surface area contributed by atoms with Gasteiger partial charge in [0, 0.05) is 0 Å². The quantitative estimate of drug-likeness (QED) is 0.165. The summed E-state index contributed by atoms with van der Waals surface area (Å²) < 4.78 is 149. The summed E-state index contributed by atoms with van der Waals surface area (Å²) in [5.41, 5.74) is -6.01. The van der Waals surface area contributed by atoms with Crippen molar-refractivity contribution in [2.24, 2.45) is 0 Å². The Kier molecular flexibility index (Phi) is 7.43. The van der Waals surface area contributed by atoms with Crippen molar-refractivity contribution in [1.82, 2.24) is 0 Å². The maximum absolute atomic E-state index is 14.5. The third-order valence-electron chi connectivity index (χ3n) is 4.62. The van der Waals surface area contributed by atoms with Crippen molar-refractivity contribution in [2.45, 2.75) is 87.2 Å². The molecule has 0 amide bonds. The first-order chi connectivity index (χ1) is 12.5. The van der Waals surface area contributed by atoms with Crippen LogP contribution in [-0.4, -0.2) is 35.3 Å². The van der Waals surface area contributed by atoms with E-state index >= 15 is 0 Å². The molecule has 0 N–H and O–H groups in total. The van der Waals surface area contributed by atoms with Gasteiger partial charge in [0.15, 0.2) is 0 Å². The molecular weight excluding hydrogens is 528 g/mol. The minimum atomic E-state index is -7.17. The molecule has 1 rings (SSSR count). The molecule has 0 bridgehead atoms. The lowest BCUT2D eigenvalue weighted by molar-refractivity contribution is -0.476. The minimum Gasteiger partial charge on any atom is -0.225 e. The van der Waals surface area contributed by atoms with Gasteiger partial charge in [-0.05, 0) is 45.1 Å². The summed E-state index contributed by atoms with van der Waals surface area (Å²) in [6.07, 6.45) is 2.83. The standard InChI is InChI=1S/C16H18F11I/c1-2-3-4-5-6-7-8-10(28)9-11(17)12(18,19)14(22,23)16(26,27)15(24,25)13(11,20)21/h9H,2-8H2,1H3. The SMILES string of the molecule is CCCCCCCCC(I)=CC1(F)C(F)(F)C(F)(F)C(F)(F)C(F)(F)C1(F)F. The molecule has 12 heteroatoms. The summed E-state index contributed by atoms with van der Waals surface area (Å²) in [7, 11) is 0. The van der Waals surface area contributed by atoms with E-state index in [1.54, 1.807) is 0 Å². The van der Waals surface area contributed by atoms with Gasteiger partial charge in [-0.3, -0.25) is 0 Å². The zero-order valence-electron chi connectivity index (χ0n) is 14.6. The molecule has 0 radical (unpaired) electrons. The highest BCUT2D eigenvalue weighted by Crippen LogP contribution is 2.69. The number of rotatable bonds is 8. The predicted octanol–water partition coefficient (Wildman–Crippen LogP) is 7.95. The average molecular weight is 546 g/mol. The first-order valence-electron chi connectivity index (χ1n) is 8.41. The van der Waals surface area contributed by atoms with Crippen LogP contribution in [-0.2, 0) is 0 Å². The third-order valence-corrected chi connectivity index (χ3v) is 5.47. The fourth-order valence-electron chi connectivity index (χ4n) is 2.79. The van der Waals surface area contributed by atoms with Crippen molar-refractivity contribution in [1.29, 1.82) is 0 Å². The lowest BCUT2D eigenvalue weighted by atomic mass is 9.72. The van der Waals surface area contributed by atoms with Crippen LogP contribution < -0.4 is 0 Å². The van der Waals surface area contributed by atoms with Gasteiger partial charge < -0.3 is 0 Å². The van der Waals surface area contributed by atoms with E-state index < -0.39 is 44.9 Å². The van der Waals surface area contributed by atoms with Crippen LogP contribution in [0.25, 0.3) is 0 Å². The lowest BCUT2D eigenvalue weighted by Crippen LogP contribution is -2.83. The van der Waals surface area contributed by atoms with Crippen LogP contribution in [0.2, 0.25) is 0 Å². The Balaban J connectivity index is 3.23. The smallest absolute Gasteiger partial charge is 0.225 e. The van der Waals surface area contributed by atoms with Crippen molar-refractivity contribution in [3.8, 4) is 0 Å². The van der Waals surface area contributed by atoms with E-state index in [1.807, 2.05) is 6.92 Å². The summed E-state index contributed by atoms with van der Waals surface area (Å²) in [6, 6.07) is 0. The monoisotopic (exact) mass is 546 g/mol. The van der Waals surface area contributed by atoms with Crippen LogP contribution in [0.15, 0.2) is 9.66 Å². The molecule has 0 atom stereocenters. The molecule has 0 aromatic heterocycles. The topological polar surface area (TPSA) is 0 Å². The van der Waals surface area contributed by atoms with Gasteiger partial charge in [0.05, 0.1) is 0 Å². The molecular formula is C16H18F11I. The van der Waals surface area contributed by atoms with Gasteiger partial charge in [0.1, 0.15) is 0 Å². The first kappa shape index (κ1) is 25.7. The van der Waals surface area contributed by atoms with Crippen molar-refractivity contribution in [2.75, 3.05) is 0 Å². The first-order valence-corrected chi connectivity index (χ1v) is 9.48. The number of allylic oxidation sites excluding steroid dienone is 2. The van der Waals surface area contributed by atoms with Crippen molar-refractivity contribution in [3.05, 3.63) is 9.66 Å². The predicted molar refractivity (Wildman–Crippen MR) is 88.7 cm³/mol. The van der Waals surface area contributed by atoms with Gasteiger partial charge in [0.2, 0.25) is 0 Å². The molecule has 0 aliphatic heterocycles. The molecule has 1 fully saturated rings. The Bertz CT molecular complexity index is 553. The maximum atomic E-state index is 14.5. The average Bonchev–Trinajstić information content (AvgIpc) is 2.55. The van der Waals surface area contributed by atoms with Gasteiger partial charge in [-0.15, -0.1) is 0 Å². The van der Waals surface area contributed by atoms with E-state index in [9.17, 15) is 48.3 Å². The molecule has 0 aromatic rings. The summed E-state index contributed by atoms with van der Waals surface area (Å²) in [5.74, 6) is -34.8. The van der Waals surface area contributed by atoms with Crippen molar-refractivity contribution < 1.29 is 48.3 Å². The molecule has 0 nitrogen and oxygen atoms in total. The van der Waals surface area contributed by atoms with E-state index in [4.69, 9.17) is 0 Å². The normalized spacial score (nSPS) is 26.8. The molecule has 0 spiro atoms. The molecule has 1 aliphatic rings. The molecule has 0 saturated heterocycles. The largest absolute Gasteiger partial charge is 0.384 e. The van der Waals surface area contributed by atoms with E-state index in [0.717, 1.165) is 41.9 Å². The fraction of sp³-hybridized carbons (Fsp3) is 0.875. The second-order valence-corrected chi connectivity index (χ2v) is 8.08. The van der Waals surface area contributed by atoms with E-state index in [-0.39, 0.29) is 12.8 Å². The summed E-state index contributed by atoms with van der Waals surface area (Å²) in [4.78, 5) is 0. The van der Waals surface area contributed by atoms with Crippen LogP contribution in [0.1, 0.15) is 51.9 Å². The Labute approximate surface area is 168 Å². The Hall–Kier alpha value is -0.300. The lowest BCUT2D eigenvalue weighted by Gasteiger charge is -2.51. The second kappa shape index (κ2) is 8.09. The fourth-order valence-corrected chi connectivity index (χ4v) is 3.60. The van der Waals surface area contributed by atoms with Crippen LogP contribution in [0.4, 0.5) is 48.3 Å². The summed E-state index contributed by atoms with van der Waals surface area (Å²) in [5, 5.41) is 0. The second-order valence-electron chi connectivity index (χ2n) is 6.69. The zero-order valence-corrected chi connectivity index (χ0v) is 16.7. The Morgan fingerprint density at radius 1 is 0.607 bits per heavy atom. The maximum Gasteiger partial charge on any atom is 0.384 e. The third kappa shape index (κ3) is 3.52. The molecule has 0 unspecified atom stereocenters. The molecule has 28 heavy (non-hydrogen) atoms. The van der Waals surface area contributed by atoms with Crippen LogP contribution >= 0.6 is 22.6 Å². The van der Waals surface area contributed by atoms with E-state index in [2.05, 4.69) is 0 Å². The minimum absolute atomic E-state index is 0.161. The van der Waals surface area contributed by atoms with Crippen molar-refractivity contribution in [3.63, 3.8) is 0 Å². The number of hydrogen-bond donors (Lipinski definition) is 0. The molecule has 1 aliphatic carbocycles. The van der Waals surface area contributed by atoms with Gasteiger partial charge in [-0.2, -0.15) is 43.9 Å². The Morgan fingerprint density at radius 3 is 1.39 bits per heavy atom. The van der Waals surface area contributed by atoms with Crippen molar-refractivity contribution >= 4 is 22.6 Å². The summed E-state index contributed by atoms with van der Waals surface area (Å²) >= 11 is 1.07. The highest BCUT2D eigenvalue weighted by atomic mass is 127. The van der Waals surface area contributed by atoms with E-state index in [0.29, 0.717) is 12.8 Å². The number of unbranched alkanes of at least 4 members (excludes halogenated alkanes) is 5. The Morgan fingerprint density at radius 2 is 0.964 bits per heavy atom. The van der Waals surface area contributed by atoms with Gasteiger partial charge in [0.25, 0.3) is 5.67 Å². The molecule has 0 aromatic carbocycles. The number of alkyl halides is 11. The molecule has 166 valence electrons.